The van der Waals surface area contributed by atoms with Crippen molar-refractivity contribution in [2.45, 2.75) is 32.8 Å². The lowest BCUT2D eigenvalue weighted by molar-refractivity contribution is 0.107. The van der Waals surface area contributed by atoms with Gasteiger partial charge in [-0.25, -0.2) is 4.99 Å². The number of aliphatic imine (C=N–C) groups is 1. The molecule has 2 heteroatoms. The number of hydrogen-bond donors (Lipinski definition) is 0. The van der Waals surface area contributed by atoms with Crippen LogP contribution in [0.2, 0.25) is 0 Å². The largest absolute Gasteiger partial charge is 0.477 e. The summed E-state index contributed by atoms with van der Waals surface area (Å²) in [4.78, 5) is 4.28. The molecular formula is C12H15NO. The second-order valence-electron chi connectivity index (χ2n) is 4.42. The van der Waals surface area contributed by atoms with Crippen LogP contribution in [-0.2, 0) is 11.2 Å². The predicted octanol–water partition coefficient (Wildman–Crippen LogP) is 3.01. The van der Waals surface area contributed by atoms with Crippen LogP contribution < -0.4 is 0 Å². The van der Waals surface area contributed by atoms with Gasteiger partial charge in [-0.05, 0) is 32.4 Å². The van der Waals surface area contributed by atoms with Gasteiger partial charge in [0.25, 0.3) is 0 Å². The van der Waals surface area contributed by atoms with E-state index in [2.05, 4.69) is 37.9 Å². The first-order valence-electron chi connectivity index (χ1n) is 4.87. The molecule has 2 nitrogen and oxygen atoms in total. The molecule has 0 aliphatic carbocycles. The normalized spacial score (nSPS) is 18.2. The molecule has 14 heavy (non-hydrogen) atoms. The molecule has 1 aliphatic heterocycles. The lowest BCUT2D eigenvalue weighted by Gasteiger charge is -2.22. The molecular weight excluding hydrogens is 174 g/mol. The Hall–Kier alpha value is -1.31. The van der Waals surface area contributed by atoms with Gasteiger partial charge in [-0.1, -0.05) is 17.7 Å². The molecule has 74 valence electrons. The minimum absolute atomic E-state index is 0.150. The molecule has 1 aromatic carbocycles. The van der Waals surface area contributed by atoms with E-state index in [-0.39, 0.29) is 5.60 Å². The number of rotatable bonds is 0. The van der Waals surface area contributed by atoms with Gasteiger partial charge in [-0.2, -0.15) is 0 Å². The summed E-state index contributed by atoms with van der Waals surface area (Å²) < 4.78 is 5.52. The van der Waals surface area contributed by atoms with E-state index in [4.69, 9.17) is 4.74 Å². The van der Waals surface area contributed by atoms with Gasteiger partial charge in [0.1, 0.15) is 5.60 Å². The second kappa shape index (κ2) is 3.12. The van der Waals surface area contributed by atoms with Gasteiger partial charge in [0.15, 0.2) is 6.40 Å². The van der Waals surface area contributed by atoms with Crippen LogP contribution in [0.5, 0.6) is 0 Å². The zero-order valence-corrected chi connectivity index (χ0v) is 8.87. The standard InChI is InChI=1S/C12H15NO/c1-9-4-5-11-10(6-9)7-12(2,3)14-8-13-11/h4-6,8H,7H2,1-3H3. The Bertz CT molecular complexity index is 380. The summed E-state index contributed by atoms with van der Waals surface area (Å²) in [6.45, 7) is 6.26. The predicted molar refractivity (Wildman–Crippen MR) is 58.2 cm³/mol. The van der Waals surface area contributed by atoms with Gasteiger partial charge in [0, 0.05) is 6.42 Å². The van der Waals surface area contributed by atoms with E-state index >= 15 is 0 Å². The van der Waals surface area contributed by atoms with E-state index in [1.54, 1.807) is 6.40 Å². The number of nitrogens with zero attached hydrogens (tertiary/aromatic N) is 1. The van der Waals surface area contributed by atoms with E-state index in [0.717, 1.165) is 12.1 Å². The van der Waals surface area contributed by atoms with Crippen molar-refractivity contribution in [2.75, 3.05) is 0 Å². The van der Waals surface area contributed by atoms with Crippen LogP contribution in [0.3, 0.4) is 0 Å². The highest BCUT2D eigenvalue weighted by atomic mass is 16.5. The maximum absolute atomic E-state index is 5.52. The third-order valence-corrected chi connectivity index (χ3v) is 2.41. The summed E-state index contributed by atoms with van der Waals surface area (Å²) in [5, 5.41) is 0. The summed E-state index contributed by atoms with van der Waals surface area (Å²) in [7, 11) is 0. The van der Waals surface area contributed by atoms with Crippen LogP contribution in [0.1, 0.15) is 25.0 Å². The summed E-state index contributed by atoms with van der Waals surface area (Å²) in [5.74, 6) is 0. The summed E-state index contributed by atoms with van der Waals surface area (Å²) in [6.07, 6.45) is 2.46. The van der Waals surface area contributed by atoms with E-state index < -0.39 is 0 Å². The Morgan fingerprint density at radius 1 is 1.36 bits per heavy atom. The Morgan fingerprint density at radius 3 is 2.93 bits per heavy atom. The number of hydrogen-bond acceptors (Lipinski definition) is 2. The van der Waals surface area contributed by atoms with Crippen LogP contribution >= 0.6 is 0 Å². The number of fused-ring (bicyclic) bond motifs is 1. The Kier molecular flexibility index (Phi) is 2.06. The second-order valence-corrected chi connectivity index (χ2v) is 4.42. The molecule has 0 saturated carbocycles. The zero-order valence-electron chi connectivity index (χ0n) is 8.87. The average molecular weight is 189 g/mol. The Morgan fingerprint density at radius 2 is 2.14 bits per heavy atom. The molecule has 1 aliphatic rings. The Balaban J connectivity index is 2.46. The highest BCUT2D eigenvalue weighted by molar-refractivity contribution is 5.61. The number of ether oxygens (including phenoxy) is 1. The highest BCUT2D eigenvalue weighted by Gasteiger charge is 2.22. The molecule has 2 rings (SSSR count). The molecule has 0 N–H and O–H groups in total. The van der Waals surface area contributed by atoms with Gasteiger partial charge in [-0.15, -0.1) is 0 Å². The molecule has 0 spiro atoms. The van der Waals surface area contributed by atoms with Gasteiger partial charge in [0.05, 0.1) is 5.69 Å². The molecule has 0 saturated heterocycles. The molecule has 0 bridgehead atoms. The number of aryl methyl sites for hydroxylation is 1. The van der Waals surface area contributed by atoms with Crippen LogP contribution in [0.25, 0.3) is 0 Å². The van der Waals surface area contributed by atoms with Crippen molar-refractivity contribution in [2.24, 2.45) is 4.99 Å². The lowest BCUT2D eigenvalue weighted by atomic mass is 9.96. The first kappa shape index (κ1) is 9.25. The molecule has 1 aromatic rings. The summed E-state index contributed by atoms with van der Waals surface area (Å²) in [5.41, 5.74) is 3.42. The lowest BCUT2D eigenvalue weighted by Crippen LogP contribution is -2.25. The van der Waals surface area contributed by atoms with Crippen molar-refractivity contribution in [1.29, 1.82) is 0 Å². The molecule has 0 atom stereocenters. The van der Waals surface area contributed by atoms with Gasteiger partial charge < -0.3 is 4.74 Å². The smallest absolute Gasteiger partial charge is 0.175 e. The van der Waals surface area contributed by atoms with Crippen molar-refractivity contribution in [3.8, 4) is 0 Å². The monoisotopic (exact) mass is 189 g/mol. The third-order valence-electron chi connectivity index (χ3n) is 2.41. The quantitative estimate of drug-likeness (QED) is 0.614. The van der Waals surface area contributed by atoms with Gasteiger partial charge in [0.2, 0.25) is 0 Å². The van der Waals surface area contributed by atoms with Crippen molar-refractivity contribution in [3.63, 3.8) is 0 Å². The van der Waals surface area contributed by atoms with Crippen LogP contribution in [0, 0.1) is 6.92 Å². The van der Waals surface area contributed by atoms with Crippen LogP contribution in [-0.4, -0.2) is 12.0 Å². The van der Waals surface area contributed by atoms with Crippen LogP contribution in [0.4, 0.5) is 5.69 Å². The SMILES string of the molecule is Cc1ccc2c(c1)CC(C)(C)OC=N2. The fourth-order valence-corrected chi connectivity index (χ4v) is 1.71. The molecule has 0 unspecified atom stereocenters. The maximum atomic E-state index is 5.52. The van der Waals surface area contributed by atoms with Crippen molar-refractivity contribution >= 4 is 12.1 Å². The maximum Gasteiger partial charge on any atom is 0.175 e. The average Bonchev–Trinajstić information content (AvgIpc) is 2.21. The van der Waals surface area contributed by atoms with Crippen molar-refractivity contribution in [3.05, 3.63) is 29.3 Å². The fourth-order valence-electron chi connectivity index (χ4n) is 1.71. The Labute approximate surface area is 84.6 Å². The summed E-state index contributed by atoms with van der Waals surface area (Å²) in [6, 6.07) is 6.31. The fraction of sp³-hybridized carbons (Fsp3) is 0.417. The van der Waals surface area contributed by atoms with E-state index in [0.29, 0.717) is 0 Å². The van der Waals surface area contributed by atoms with E-state index in [1.165, 1.54) is 11.1 Å². The molecule has 0 aromatic heterocycles. The molecule has 0 radical (unpaired) electrons. The van der Waals surface area contributed by atoms with Crippen molar-refractivity contribution in [1.82, 2.24) is 0 Å². The minimum Gasteiger partial charge on any atom is -0.477 e. The van der Waals surface area contributed by atoms with E-state index in [9.17, 15) is 0 Å². The number of benzene rings is 1. The third kappa shape index (κ3) is 1.79. The van der Waals surface area contributed by atoms with Crippen LogP contribution in [0.15, 0.2) is 23.2 Å². The first-order valence-corrected chi connectivity index (χ1v) is 4.87. The first-order chi connectivity index (χ1) is 6.57. The zero-order chi connectivity index (χ0) is 10.2. The highest BCUT2D eigenvalue weighted by Crippen LogP contribution is 2.28. The van der Waals surface area contributed by atoms with Crippen molar-refractivity contribution < 1.29 is 4.74 Å². The van der Waals surface area contributed by atoms with E-state index in [1.807, 2.05) is 6.07 Å². The molecule has 1 heterocycles. The van der Waals surface area contributed by atoms with Gasteiger partial charge in [-0.3, -0.25) is 0 Å². The van der Waals surface area contributed by atoms with Gasteiger partial charge >= 0.3 is 0 Å². The topological polar surface area (TPSA) is 21.6 Å². The molecule has 0 fully saturated rings. The molecule has 0 amide bonds. The minimum atomic E-state index is -0.150. The summed E-state index contributed by atoms with van der Waals surface area (Å²) >= 11 is 0.